The molecule has 0 spiro atoms. The molecule has 6 heteroatoms. The topological polar surface area (TPSA) is 71.3 Å². The quantitative estimate of drug-likeness (QED) is 0.506. The van der Waals surface area contributed by atoms with E-state index in [0.29, 0.717) is 34.8 Å². The fraction of sp³-hybridized carbons (Fsp3) is 0.280. The van der Waals surface area contributed by atoms with Gasteiger partial charge in [-0.15, -0.1) is 0 Å². The van der Waals surface area contributed by atoms with E-state index in [1.54, 1.807) is 16.7 Å². The van der Waals surface area contributed by atoms with Crippen LogP contribution in [-0.4, -0.2) is 21.4 Å². The van der Waals surface area contributed by atoms with Crippen molar-refractivity contribution in [3.05, 3.63) is 70.4 Å². The molecule has 5 nitrogen and oxygen atoms in total. The number of carboxylic acids is 1. The largest absolute Gasteiger partial charge is 0.480 e. The molecule has 160 valence electrons. The number of nitrogens with zero attached hydrogens (tertiary/aromatic N) is 1. The van der Waals surface area contributed by atoms with Gasteiger partial charge in [0.1, 0.15) is 6.54 Å². The first-order chi connectivity index (χ1) is 14.6. The Balaban J connectivity index is 1.99. The van der Waals surface area contributed by atoms with Crippen molar-refractivity contribution >= 4 is 34.7 Å². The number of aliphatic carboxylic acids is 1. The van der Waals surface area contributed by atoms with Gasteiger partial charge in [-0.25, -0.2) is 0 Å². The predicted octanol–water partition coefficient (Wildman–Crippen LogP) is 6.10. The molecule has 1 heterocycles. The molecule has 1 aliphatic rings. The molecule has 0 saturated heterocycles. The normalized spacial score (nSPS) is 14.9. The van der Waals surface area contributed by atoms with Crippen LogP contribution in [0.15, 0.2) is 48.5 Å². The number of hydrogen-bond acceptors (Lipinski definition) is 3. The number of rotatable bonds is 5. The number of nitrogens with one attached hydrogen (secondary N) is 1. The maximum atomic E-state index is 13.3. The highest BCUT2D eigenvalue weighted by Gasteiger charge is 2.38. The summed E-state index contributed by atoms with van der Waals surface area (Å²) < 4.78 is 1.79. The molecule has 31 heavy (non-hydrogen) atoms. The lowest BCUT2D eigenvalue weighted by atomic mass is 9.76. The molecule has 0 unspecified atom stereocenters. The van der Waals surface area contributed by atoms with E-state index in [2.05, 4.69) is 5.32 Å². The molecule has 0 bridgehead atoms. The third kappa shape index (κ3) is 4.23. The summed E-state index contributed by atoms with van der Waals surface area (Å²) >= 11 is 6.04. The van der Waals surface area contributed by atoms with Gasteiger partial charge in [-0.05, 0) is 43.0 Å². The Morgan fingerprint density at radius 1 is 1.10 bits per heavy atom. The average Bonchev–Trinajstić information content (AvgIpc) is 2.96. The van der Waals surface area contributed by atoms with Crippen LogP contribution in [0.25, 0.3) is 11.3 Å². The second kappa shape index (κ2) is 7.89. The summed E-state index contributed by atoms with van der Waals surface area (Å²) in [5, 5.41) is 13.7. The van der Waals surface area contributed by atoms with E-state index in [0.717, 1.165) is 22.5 Å². The Hall–Kier alpha value is -3.05. The molecule has 4 rings (SSSR count). The number of anilines is 2. The number of aromatic nitrogens is 1. The van der Waals surface area contributed by atoms with Gasteiger partial charge in [-0.3, -0.25) is 9.59 Å². The number of benzene rings is 2. The van der Waals surface area contributed by atoms with Gasteiger partial charge in [-0.1, -0.05) is 55.3 Å². The maximum absolute atomic E-state index is 13.3. The summed E-state index contributed by atoms with van der Waals surface area (Å²) in [5.74, 6) is -0.916. The van der Waals surface area contributed by atoms with E-state index >= 15 is 0 Å². The summed E-state index contributed by atoms with van der Waals surface area (Å²) in [6, 6.07) is 15.2. The smallest absolute Gasteiger partial charge is 0.323 e. The average molecular weight is 437 g/mol. The number of Topliss-reactive ketones (excluding diaryl/α,β-unsaturated/α-hetero) is 1. The van der Waals surface area contributed by atoms with Crippen molar-refractivity contribution in [1.82, 2.24) is 4.57 Å². The van der Waals surface area contributed by atoms with Crippen molar-refractivity contribution in [1.29, 1.82) is 0 Å². The number of fused-ring (bicyclic) bond motifs is 1. The number of carbonyl (C=O) groups excluding carboxylic acids is 1. The van der Waals surface area contributed by atoms with E-state index in [1.807, 2.05) is 57.2 Å². The second-order valence-corrected chi connectivity index (χ2v) is 9.40. The molecule has 1 aromatic heterocycles. The minimum atomic E-state index is -0.944. The molecule has 0 atom stereocenters. The van der Waals surface area contributed by atoms with Crippen LogP contribution >= 0.6 is 11.6 Å². The molecule has 2 aromatic carbocycles. The first-order valence-electron chi connectivity index (χ1n) is 10.2. The summed E-state index contributed by atoms with van der Waals surface area (Å²) in [5.41, 5.74) is 5.25. The highest BCUT2D eigenvalue weighted by Crippen LogP contribution is 2.45. The molecule has 0 amide bonds. The van der Waals surface area contributed by atoms with Gasteiger partial charge < -0.3 is 15.0 Å². The molecule has 0 aliphatic heterocycles. The minimum Gasteiger partial charge on any atom is -0.480 e. The summed E-state index contributed by atoms with van der Waals surface area (Å²) in [7, 11) is 0. The third-order valence-electron chi connectivity index (χ3n) is 5.67. The van der Waals surface area contributed by atoms with Gasteiger partial charge in [0.05, 0.1) is 16.9 Å². The zero-order chi connectivity index (χ0) is 22.3. The van der Waals surface area contributed by atoms with Crippen molar-refractivity contribution in [2.24, 2.45) is 5.41 Å². The van der Waals surface area contributed by atoms with Crippen molar-refractivity contribution in [2.45, 2.75) is 40.2 Å². The highest BCUT2D eigenvalue weighted by atomic mass is 35.5. The van der Waals surface area contributed by atoms with Crippen molar-refractivity contribution in [3.63, 3.8) is 0 Å². The number of ketones is 1. The van der Waals surface area contributed by atoms with Crippen LogP contribution in [0, 0.1) is 12.3 Å². The lowest BCUT2D eigenvalue weighted by molar-refractivity contribution is -0.137. The Bertz CT molecular complexity index is 1160. The Morgan fingerprint density at radius 3 is 2.35 bits per heavy atom. The summed E-state index contributed by atoms with van der Waals surface area (Å²) in [6.07, 6.45) is 1.04. The summed E-state index contributed by atoms with van der Waals surface area (Å²) in [4.78, 5) is 25.1. The lowest BCUT2D eigenvalue weighted by Crippen LogP contribution is -2.29. The first-order valence-corrected chi connectivity index (χ1v) is 10.6. The Kier molecular flexibility index (Phi) is 5.40. The standard InChI is InChI=1S/C25H25ClN2O3/c1-15-4-6-16(7-5-15)24-23(27-18-10-8-17(26)9-11-18)22-19(28(24)14-21(30)31)12-25(2,3)13-20(22)29/h4-11,27H,12-14H2,1-3H3,(H,30,31). The summed E-state index contributed by atoms with van der Waals surface area (Å²) in [6.45, 7) is 5.88. The predicted molar refractivity (Wildman–Crippen MR) is 123 cm³/mol. The van der Waals surface area contributed by atoms with Gasteiger partial charge in [0.15, 0.2) is 5.78 Å². The Morgan fingerprint density at radius 2 is 1.74 bits per heavy atom. The monoisotopic (exact) mass is 436 g/mol. The van der Waals surface area contributed by atoms with Gasteiger partial charge >= 0.3 is 5.97 Å². The van der Waals surface area contributed by atoms with Gasteiger partial charge in [0.2, 0.25) is 0 Å². The van der Waals surface area contributed by atoms with Crippen LogP contribution in [0.5, 0.6) is 0 Å². The van der Waals surface area contributed by atoms with Crippen molar-refractivity contribution in [2.75, 3.05) is 5.32 Å². The Labute approximate surface area is 186 Å². The van der Waals surface area contributed by atoms with E-state index in [-0.39, 0.29) is 17.7 Å². The van der Waals surface area contributed by atoms with E-state index in [4.69, 9.17) is 11.6 Å². The van der Waals surface area contributed by atoms with Gasteiger partial charge in [0, 0.05) is 28.4 Å². The molecule has 0 saturated carbocycles. The minimum absolute atomic E-state index is 0.0280. The van der Waals surface area contributed by atoms with Crippen molar-refractivity contribution in [3.8, 4) is 11.3 Å². The zero-order valence-corrected chi connectivity index (χ0v) is 18.6. The zero-order valence-electron chi connectivity index (χ0n) is 17.8. The molecule has 0 fully saturated rings. The van der Waals surface area contributed by atoms with Gasteiger partial charge in [0.25, 0.3) is 0 Å². The molecule has 3 aromatic rings. The fourth-order valence-electron chi connectivity index (χ4n) is 4.31. The molecule has 1 aliphatic carbocycles. The number of hydrogen-bond donors (Lipinski definition) is 2. The second-order valence-electron chi connectivity index (χ2n) is 8.96. The van der Waals surface area contributed by atoms with Crippen LogP contribution in [-0.2, 0) is 17.8 Å². The van der Waals surface area contributed by atoms with E-state index in [9.17, 15) is 14.7 Å². The highest BCUT2D eigenvalue weighted by molar-refractivity contribution is 6.30. The molecular weight excluding hydrogens is 412 g/mol. The SMILES string of the molecule is Cc1ccc(-c2c(Nc3ccc(Cl)cc3)c3c(n2CC(=O)O)CC(C)(C)CC3=O)cc1. The van der Waals surface area contributed by atoms with Crippen LogP contribution in [0.3, 0.4) is 0 Å². The molecular formula is C25H25ClN2O3. The number of carbonyl (C=O) groups is 2. The number of carboxylic acid groups (broad SMARTS) is 1. The molecule has 0 radical (unpaired) electrons. The van der Waals surface area contributed by atoms with E-state index < -0.39 is 5.97 Å². The van der Waals surface area contributed by atoms with Gasteiger partial charge in [-0.2, -0.15) is 0 Å². The van der Waals surface area contributed by atoms with Crippen molar-refractivity contribution < 1.29 is 14.7 Å². The van der Waals surface area contributed by atoms with Crippen LogP contribution in [0.2, 0.25) is 5.02 Å². The fourth-order valence-corrected chi connectivity index (χ4v) is 4.44. The van der Waals surface area contributed by atoms with E-state index in [1.165, 1.54) is 0 Å². The number of aryl methyl sites for hydroxylation is 1. The molecule has 2 N–H and O–H groups in total. The first kappa shape index (κ1) is 21.2. The number of halogens is 1. The lowest BCUT2D eigenvalue weighted by Gasteiger charge is -2.29. The van der Waals surface area contributed by atoms with Crippen LogP contribution < -0.4 is 5.32 Å². The third-order valence-corrected chi connectivity index (χ3v) is 5.92. The van der Waals surface area contributed by atoms with Crippen LogP contribution in [0.1, 0.15) is 41.9 Å². The maximum Gasteiger partial charge on any atom is 0.323 e. The van der Waals surface area contributed by atoms with Crippen LogP contribution in [0.4, 0.5) is 11.4 Å².